The van der Waals surface area contributed by atoms with Crippen LogP contribution in [0.2, 0.25) is 0 Å². The normalized spacial score (nSPS) is 24.8. The lowest BCUT2D eigenvalue weighted by molar-refractivity contribution is -0.132. The topological polar surface area (TPSA) is 34.1 Å². The van der Waals surface area contributed by atoms with Crippen molar-refractivity contribution < 1.29 is 9.59 Å². The molecule has 0 aromatic carbocycles. The van der Waals surface area contributed by atoms with Crippen molar-refractivity contribution in [3.05, 3.63) is 0 Å². The van der Waals surface area contributed by atoms with E-state index in [1.165, 1.54) is 0 Å². The van der Waals surface area contributed by atoms with Crippen LogP contribution < -0.4 is 0 Å². The lowest BCUT2D eigenvalue weighted by atomic mass is 9.85. The van der Waals surface area contributed by atoms with E-state index < -0.39 is 0 Å². The number of carbonyl (C=O) groups excluding carboxylic acids is 2. The van der Waals surface area contributed by atoms with Gasteiger partial charge in [0.2, 0.25) is 0 Å². The Morgan fingerprint density at radius 3 is 2.82 bits per heavy atom. The van der Waals surface area contributed by atoms with Gasteiger partial charge in [0.05, 0.1) is 6.42 Å². The molecule has 2 heteroatoms. The third kappa shape index (κ3) is 1.91. The van der Waals surface area contributed by atoms with Crippen LogP contribution in [0.15, 0.2) is 0 Å². The molecule has 1 saturated carbocycles. The Hall–Kier alpha value is -1.10. The molecule has 0 N–H and O–H groups in total. The van der Waals surface area contributed by atoms with Crippen LogP contribution in [-0.2, 0) is 9.59 Å². The molecule has 0 saturated heterocycles. The van der Waals surface area contributed by atoms with Crippen molar-refractivity contribution in [2.75, 3.05) is 0 Å². The van der Waals surface area contributed by atoms with Gasteiger partial charge in [-0.25, -0.2) is 0 Å². The summed E-state index contributed by atoms with van der Waals surface area (Å²) in [5.74, 6) is 2.49. The van der Waals surface area contributed by atoms with Crippen LogP contribution in [0.3, 0.4) is 0 Å². The average molecular weight is 150 g/mol. The summed E-state index contributed by atoms with van der Waals surface area (Å²) in [5.41, 5.74) is 0. The van der Waals surface area contributed by atoms with Gasteiger partial charge in [0.15, 0.2) is 0 Å². The molecule has 0 aliphatic heterocycles. The van der Waals surface area contributed by atoms with Gasteiger partial charge >= 0.3 is 0 Å². The zero-order chi connectivity index (χ0) is 8.27. The molecule has 0 aromatic rings. The van der Waals surface area contributed by atoms with E-state index in [9.17, 15) is 9.59 Å². The Morgan fingerprint density at radius 1 is 1.55 bits per heavy atom. The summed E-state index contributed by atoms with van der Waals surface area (Å²) in [7, 11) is 0. The lowest BCUT2D eigenvalue weighted by Gasteiger charge is -2.16. The molecule has 0 radical (unpaired) electrons. The molecule has 0 heterocycles. The minimum atomic E-state index is -0.0438. The van der Waals surface area contributed by atoms with Crippen molar-refractivity contribution in [3.8, 4) is 12.3 Å². The highest BCUT2D eigenvalue weighted by atomic mass is 16.1. The van der Waals surface area contributed by atoms with Gasteiger partial charge in [0.1, 0.15) is 11.6 Å². The molecule has 0 spiro atoms. The predicted molar refractivity (Wildman–Crippen MR) is 40.8 cm³/mol. The summed E-state index contributed by atoms with van der Waals surface area (Å²) in [6, 6.07) is 0. The first-order valence-electron chi connectivity index (χ1n) is 3.72. The Labute approximate surface area is 66.0 Å². The first-order chi connectivity index (χ1) is 5.24. The smallest absolute Gasteiger partial charge is 0.144 e. The Morgan fingerprint density at radius 2 is 2.27 bits per heavy atom. The Balaban J connectivity index is 2.52. The van der Waals surface area contributed by atoms with Crippen LogP contribution in [-0.4, -0.2) is 11.6 Å². The van der Waals surface area contributed by atoms with Crippen LogP contribution in [0.4, 0.5) is 0 Å². The zero-order valence-electron chi connectivity index (χ0n) is 6.30. The number of carbonyl (C=O) groups is 2. The van der Waals surface area contributed by atoms with Gasteiger partial charge in [-0.2, -0.15) is 0 Å². The van der Waals surface area contributed by atoms with E-state index in [1.807, 2.05) is 0 Å². The maximum atomic E-state index is 11.1. The zero-order valence-corrected chi connectivity index (χ0v) is 6.30. The van der Waals surface area contributed by atoms with E-state index in [0.29, 0.717) is 19.3 Å². The summed E-state index contributed by atoms with van der Waals surface area (Å²) in [6.45, 7) is 0. The molecule has 1 atom stereocenters. The highest BCUT2D eigenvalue weighted by Gasteiger charge is 2.25. The maximum absolute atomic E-state index is 11.1. The largest absolute Gasteiger partial charge is 0.299 e. The van der Waals surface area contributed by atoms with Gasteiger partial charge in [0, 0.05) is 18.8 Å². The quantitative estimate of drug-likeness (QED) is 0.412. The van der Waals surface area contributed by atoms with Gasteiger partial charge in [0.25, 0.3) is 0 Å². The molecule has 1 aliphatic carbocycles. The van der Waals surface area contributed by atoms with Crippen molar-refractivity contribution in [1.82, 2.24) is 0 Å². The second-order valence-corrected chi connectivity index (χ2v) is 2.83. The molecule has 2 nitrogen and oxygen atoms in total. The standard InChI is InChI=1S/C9H10O2/c1-2-3-7-4-5-8(10)6-9(7)11/h1,7H,3-6H2. The van der Waals surface area contributed by atoms with Crippen molar-refractivity contribution in [3.63, 3.8) is 0 Å². The number of Topliss-reactive ketones (excluding diaryl/α,β-unsaturated/α-hetero) is 2. The average Bonchev–Trinajstić information content (AvgIpc) is 1.95. The highest BCUT2D eigenvalue weighted by Crippen LogP contribution is 2.20. The Bertz CT molecular complexity index is 222. The molecule has 0 bridgehead atoms. The fourth-order valence-electron chi connectivity index (χ4n) is 1.28. The van der Waals surface area contributed by atoms with Crippen LogP contribution in [0.1, 0.15) is 25.7 Å². The maximum Gasteiger partial charge on any atom is 0.144 e. The van der Waals surface area contributed by atoms with Crippen LogP contribution >= 0.6 is 0 Å². The monoisotopic (exact) mass is 150 g/mol. The third-order valence-electron chi connectivity index (χ3n) is 1.96. The van der Waals surface area contributed by atoms with Crippen LogP contribution in [0.5, 0.6) is 0 Å². The van der Waals surface area contributed by atoms with Crippen molar-refractivity contribution in [2.24, 2.45) is 5.92 Å². The molecular formula is C9H10O2. The summed E-state index contributed by atoms with van der Waals surface area (Å²) in [6.07, 6.45) is 6.85. The summed E-state index contributed by atoms with van der Waals surface area (Å²) >= 11 is 0. The second kappa shape index (κ2) is 3.34. The van der Waals surface area contributed by atoms with Gasteiger partial charge in [-0.1, -0.05) is 0 Å². The van der Waals surface area contributed by atoms with Gasteiger partial charge in [-0.15, -0.1) is 12.3 Å². The number of terminal acetylenes is 1. The minimum absolute atomic E-state index is 0.0270. The van der Waals surface area contributed by atoms with Crippen molar-refractivity contribution >= 4 is 11.6 Å². The summed E-state index contributed by atoms with van der Waals surface area (Å²) in [4.78, 5) is 21.8. The second-order valence-electron chi connectivity index (χ2n) is 2.83. The van der Waals surface area contributed by atoms with Crippen molar-refractivity contribution in [1.29, 1.82) is 0 Å². The molecule has 11 heavy (non-hydrogen) atoms. The summed E-state index contributed by atoms with van der Waals surface area (Å²) in [5, 5.41) is 0. The molecule has 1 rings (SSSR count). The molecule has 58 valence electrons. The van der Waals surface area contributed by atoms with Crippen molar-refractivity contribution in [2.45, 2.75) is 25.7 Å². The van der Waals surface area contributed by atoms with E-state index in [1.54, 1.807) is 0 Å². The lowest BCUT2D eigenvalue weighted by Crippen LogP contribution is -2.24. The third-order valence-corrected chi connectivity index (χ3v) is 1.96. The molecule has 1 unspecified atom stereocenters. The fraction of sp³-hybridized carbons (Fsp3) is 0.556. The minimum Gasteiger partial charge on any atom is -0.299 e. The predicted octanol–water partition coefficient (Wildman–Crippen LogP) is 0.948. The highest BCUT2D eigenvalue weighted by molar-refractivity contribution is 6.02. The molecule has 1 aliphatic rings. The summed E-state index contributed by atoms with van der Waals surface area (Å²) < 4.78 is 0. The van der Waals surface area contributed by atoms with E-state index in [-0.39, 0.29) is 23.9 Å². The van der Waals surface area contributed by atoms with E-state index in [2.05, 4.69) is 5.92 Å². The van der Waals surface area contributed by atoms with Gasteiger partial charge in [-0.05, 0) is 6.42 Å². The van der Waals surface area contributed by atoms with Crippen LogP contribution in [0.25, 0.3) is 0 Å². The molecular weight excluding hydrogens is 140 g/mol. The SMILES string of the molecule is C#CCC1CCC(=O)CC1=O. The van der Waals surface area contributed by atoms with E-state index in [0.717, 1.165) is 0 Å². The first-order valence-corrected chi connectivity index (χ1v) is 3.72. The Kier molecular flexibility index (Phi) is 2.43. The molecule has 0 amide bonds. The number of hydrogen-bond donors (Lipinski definition) is 0. The van der Waals surface area contributed by atoms with E-state index in [4.69, 9.17) is 6.42 Å². The fourth-order valence-corrected chi connectivity index (χ4v) is 1.28. The number of hydrogen-bond acceptors (Lipinski definition) is 2. The van der Waals surface area contributed by atoms with Gasteiger partial charge in [-0.3, -0.25) is 9.59 Å². The van der Waals surface area contributed by atoms with E-state index >= 15 is 0 Å². The number of rotatable bonds is 1. The molecule has 1 fully saturated rings. The van der Waals surface area contributed by atoms with Gasteiger partial charge < -0.3 is 0 Å². The molecule has 0 aromatic heterocycles. The first kappa shape index (κ1) is 8.00. The number of ketones is 2. The van der Waals surface area contributed by atoms with Crippen LogP contribution in [0, 0.1) is 18.3 Å².